The van der Waals surface area contributed by atoms with Gasteiger partial charge in [0.25, 0.3) is 5.91 Å². The van der Waals surface area contributed by atoms with E-state index in [1.54, 1.807) is 6.33 Å². The maximum atomic E-state index is 12.4. The van der Waals surface area contributed by atoms with Crippen LogP contribution in [0.5, 0.6) is 0 Å². The number of nitrogens with one attached hydrogen (secondary N) is 2. The summed E-state index contributed by atoms with van der Waals surface area (Å²) in [5.74, 6) is 3.53. The van der Waals surface area contributed by atoms with E-state index in [9.17, 15) is 4.79 Å². The Balaban J connectivity index is 1.26. The van der Waals surface area contributed by atoms with E-state index in [1.807, 2.05) is 6.92 Å². The van der Waals surface area contributed by atoms with Crippen LogP contribution in [0.1, 0.15) is 41.9 Å². The number of ether oxygens (including phenoxy) is 1. The van der Waals surface area contributed by atoms with E-state index in [1.165, 1.54) is 30.8 Å². The minimum atomic E-state index is -0.0697. The van der Waals surface area contributed by atoms with Crippen molar-refractivity contribution in [2.75, 3.05) is 31.1 Å². The van der Waals surface area contributed by atoms with Crippen LogP contribution in [0.2, 0.25) is 0 Å². The summed E-state index contributed by atoms with van der Waals surface area (Å²) in [5.41, 5.74) is 1.40. The summed E-state index contributed by atoms with van der Waals surface area (Å²) in [6, 6.07) is 0.737. The zero-order valence-electron chi connectivity index (χ0n) is 15.4. The van der Waals surface area contributed by atoms with Gasteiger partial charge in [-0.25, -0.2) is 4.98 Å². The van der Waals surface area contributed by atoms with Gasteiger partial charge in [0, 0.05) is 43.2 Å². The number of nitrogens with zero attached hydrogens (tertiary/aromatic N) is 2. The number of carbonyl (C=O) groups excluding carboxylic acids is 1. The van der Waals surface area contributed by atoms with Crippen molar-refractivity contribution in [1.82, 2.24) is 20.2 Å². The second-order valence-corrected chi connectivity index (χ2v) is 9.61. The van der Waals surface area contributed by atoms with Gasteiger partial charge in [-0.1, -0.05) is 0 Å². The van der Waals surface area contributed by atoms with E-state index in [2.05, 4.69) is 31.9 Å². The second kappa shape index (κ2) is 6.53. The molecule has 1 amide bonds. The molecule has 4 atom stereocenters. The van der Waals surface area contributed by atoms with Crippen LogP contribution in [0.3, 0.4) is 0 Å². The lowest BCUT2D eigenvalue weighted by molar-refractivity contribution is -0.00150. The Morgan fingerprint density at radius 1 is 1.46 bits per heavy atom. The first-order valence-corrected chi connectivity index (χ1v) is 11.1. The molecule has 0 aromatic carbocycles. The van der Waals surface area contributed by atoms with E-state index >= 15 is 0 Å². The normalized spacial score (nSPS) is 37.2. The molecule has 4 aliphatic rings. The highest BCUT2D eigenvalue weighted by Crippen LogP contribution is 2.55. The molecule has 1 spiro atoms. The summed E-state index contributed by atoms with van der Waals surface area (Å²) in [5, 5.41) is 3.13. The molecule has 2 N–H and O–H groups in total. The van der Waals surface area contributed by atoms with Gasteiger partial charge in [-0.3, -0.25) is 9.69 Å². The molecule has 6 nitrogen and oxygen atoms in total. The van der Waals surface area contributed by atoms with E-state index < -0.39 is 0 Å². The largest absolute Gasteiger partial charge is 0.370 e. The van der Waals surface area contributed by atoms with Crippen molar-refractivity contribution < 1.29 is 9.53 Å². The first-order chi connectivity index (χ1) is 12.7. The standard InChI is InChI=1S/C19H28N4O2S/c1-12-17(22-11-21-12)18(24)20-8-14-15-9-23(13-3-6-26-7-4-13)10-19(15)5-2-16(14)25-19/h11,13-16H,2-10H2,1H3,(H,20,24)(H,21,22)/t14-,15+,16+,19+/m0/s1. The van der Waals surface area contributed by atoms with Gasteiger partial charge >= 0.3 is 0 Å². The lowest BCUT2D eigenvalue weighted by Crippen LogP contribution is -2.42. The number of hydrogen-bond donors (Lipinski definition) is 2. The van der Waals surface area contributed by atoms with Gasteiger partial charge in [0.1, 0.15) is 5.69 Å². The number of aromatic amines is 1. The Hall–Kier alpha value is -1.05. The van der Waals surface area contributed by atoms with Gasteiger partial charge in [-0.2, -0.15) is 11.8 Å². The average molecular weight is 377 g/mol. The number of fused-ring (bicyclic) bond motifs is 1. The SMILES string of the molecule is Cc1[nH]cnc1C(=O)NC[C@H]1[C@H]2CN(C3CCSCC3)C[C@]23CC[C@H]1O3. The molecule has 7 heteroatoms. The van der Waals surface area contributed by atoms with Crippen LogP contribution in [0.25, 0.3) is 0 Å². The minimum Gasteiger partial charge on any atom is -0.370 e. The van der Waals surface area contributed by atoms with Crippen LogP contribution < -0.4 is 5.32 Å². The maximum absolute atomic E-state index is 12.4. The number of thioether (sulfide) groups is 1. The quantitative estimate of drug-likeness (QED) is 0.839. The molecule has 1 aromatic heterocycles. The Morgan fingerprint density at radius 3 is 3.08 bits per heavy atom. The number of aryl methyl sites for hydroxylation is 1. The third-order valence-corrected chi connectivity index (χ3v) is 8.11. The van der Waals surface area contributed by atoms with Crippen LogP contribution in [0, 0.1) is 18.8 Å². The van der Waals surface area contributed by atoms with Crippen molar-refractivity contribution in [3.05, 3.63) is 17.7 Å². The molecule has 5 heterocycles. The fraction of sp³-hybridized carbons (Fsp3) is 0.789. The van der Waals surface area contributed by atoms with Crippen molar-refractivity contribution in [1.29, 1.82) is 0 Å². The number of rotatable bonds is 4. The van der Waals surface area contributed by atoms with Crippen LogP contribution in [0.4, 0.5) is 0 Å². The van der Waals surface area contributed by atoms with Crippen molar-refractivity contribution in [2.24, 2.45) is 11.8 Å². The molecule has 0 radical (unpaired) electrons. The summed E-state index contributed by atoms with van der Waals surface area (Å²) in [7, 11) is 0. The second-order valence-electron chi connectivity index (χ2n) is 8.39. The molecular formula is C19H28N4O2S. The van der Waals surface area contributed by atoms with Crippen LogP contribution in [-0.4, -0.2) is 69.7 Å². The van der Waals surface area contributed by atoms with Crippen LogP contribution >= 0.6 is 11.8 Å². The highest BCUT2D eigenvalue weighted by molar-refractivity contribution is 7.99. The zero-order chi connectivity index (χ0) is 17.7. The zero-order valence-corrected chi connectivity index (χ0v) is 16.2. The number of carbonyl (C=O) groups is 1. The third-order valence-electron chi connectivity index (χ3n) is 7.06. The topological polar surface area (TPSA) is 70.2 Å². The van der Waals surface area contributed by atoms with Gasteiger partial charge in [-0.05, 0) is 44.1 Å². The van der Waals surface area contributed by atoms with E-state index in [0.29, 0.717) is 30.2 Å². The molecule has 0 unspecified atom stereocenters. The molecule has 26 heavy (non-hydrogen) atoms. The smallest absolute Gasteiger partial charge is 0.271 e. The molecule has 2 bridgehead atoms. The molecule has 4 aliphatic heterocycles. The lowest BCUT2D eigenvalue weighted by atomic mass is 9.73. The molecule has 0 saturated carbocycles. The predicted octanol–water partition coefficient (Wildman–Crippen LogP) is 1.82. The Kier molecular flexibility index (Phi) is 4.29. The number of imidazole rings is 1. The van der Waals surface area contributed by atoms with Gasteiger partial charge < -0.3 is 15.0 Å². The lowest BCUT2D eigenvalue weighted by Gasteiger charge is -2.32. The average Bonchev–Trinajstić information content (AvgIpc) is 3.40. The van der Waals surface area contributed by atoms with Crippen molar-refractivity contribution in [2.45, 2.75) is 50.4 Å². The van der Waals surface area contributed by atoms with Crippen LogP contribution in [0.15, 0.2) is 6.33 Å². The molecule has 142 valence electrons. The Labute approximate surface area is 158 Å². The van der Waals surface area contributed by atoms with Gasteiger partial charge in [0.15, 0.2) is 0 Å². The highest BCUT2D eigenvalue weighted by Gasteiger charge is 2.63. The number of H-pyrrole nitrogens is 1. The first-order valence-electron chi connectivity index (χ1n) is 9.94. The van der Waals surface area contributed by atoms with E-state index in [0.717, 1.165) is 31.2 Å². The summed E-state index contributed by atoms with van der Waals surface area (Å²) in [6.45, 7) is 4.84. The first kappa shape index (κ1) is 17.1. The molecular weight excluding hydrogens is 348 g/mol. The summed E-state index contributed by atoms with van der Waals surface area (Å²) >= 11 is 2.09. The van der Waals surface area contributed by atoms with E-state index in [4.69, 9.17) is 4.74 Å². The summed E-state index contributed by atoms with van der Waals surface area (Å²) in [6.07, 6.45) is 6.88. The van der Waals surface area contributed by atoms with Crippen molar-refractivity contribution in [3.63, 3.8) is 0 Å². The highest BCUT2D eigenvalue weighted by atomic mass is 32.2. The van der Waals surface area contributed by atoms with Gasteiger partial charge in [0.2, 0.25) is 0 Å². The molecule has 0 aliphatic carbocycles. The third kappa shape index (κ3) is 2.70. The maximum Gasteiger partial charge on any atom is 0.271 e. The molecule has 4 saturated heterocycles. The Morgan fingerprint density at radius 2 is 2.31 bits per heavy atom. The van der Waals surface area contributed by atoms with Crippen molar-refractivity contribution in [3.8, 4) is 0 Å². The monoisotopic (exact) mass is 376 g/mol. The van der Waals surface area contributed by atoms with Crippen molar-refractivity contribution >= 4 is 17.7 Å². The van der Waals surface area contributed by atoms with Gasteiger partial charge in [0.05, 0.1) is 18.0 Å². The van der Waals surface area contributed by atoms with Gasteiger partial charge in [-0.15, -0.1) is 0 Å². The van der Waals surface area contributed by atoms with E-state index in [-0.39, 0.29) is 11.5 Å². The number of likely N-dealkylation sites (tertiary alicyclic amines) is 1. The molecule has 4 fully saturated rings. The number of aromatic nitrogens is 2. The fourth-order valence-corrected chi connectivity index (χ4v) is 6.79. The minimum absolute atomic E-state index is 0.0624. The molecule has 5 rings (SSSR count). The van der Waals surface area contributed by atoms with Crippen LogP contribution in [-0.2, 0) is 4.74 Å². The summed E-state index contributed by atoms with van der Waals surface area (Å²) in [4.78, 5) is 22.3. The predicted molar refractivity (Wildman–Crippen MR) is 101 cm³/mol. The summed E-state index contributed by atoms with van der Waals surface area (Å²) < 4.78 is 6.54. The fourth-order valence-electron chi connectivity index (χ4n) is 5.71. The number of hydrogen-bond acceptors (Lipinski definition) is 5. The molecule has 1 aromatic rings. The Bertz CT molecular complexity index is 689. The number of amides is 1.